The third kappa shape index (κ3) is 4.10. The standard InChI is InChI=1S/C17H22BrN3O2.ClH/c1-11-14(6-4-8-19-11)20-17(23)12-9-16(22)21(10-12)15-7-3-2-5-13(15)18;/h2-3,5,7,11-12,14,19H,4,6,8-10H2,1H3,(H,20,23);1H. The van der Waals surface area contributed by atoms with Gasteiger partial charge in [0.15, 0.2) is 0 Å². The Labute approximate surface area is 157 Å². The molecule has 1 aromatic carbocycles. The highest BCUT2D eigenvalue weighted by Gasteiger charge is 2.37. The second kappa shape index (κ2) is 8.32. The summed E-state index contributed by atoms with van der Waals surface area (Å²) in [6.07, 6.45) is 2.35. The molecule has 1 aromatic rings. The molecule has 0 saturated carbocycles. The van der Waals surface area contributed by atoms with E-state index in [1.54, 1.807) is 4.90 Å². The summed E-state index contributed by atoms with van der Waals surface area (Å²) in [4.78, 5) is 26.6. The number of piperidine rings is 1. The first-order valence-corrected chi connectivity index (χ1v) is 8.94. The second-order valence-corrected chi connectivity index (χ2v) is 7.21. The molecule has 5 nitrogen and oxygen atoms in total. The number of hydrogen-bond acceptors (Lipinski definition) is 3. The van der Waals surface area contributed by atoms with Crippen molar-refractivity contribution in [3.63, 3.8) is 0 Å². The van der Waals surface area contributed by atoms with Gasteiger partial charge in [-0.15, -0.1) is 12.4 Å². The van der Waals surface area contributed by atoms with Crippen LogP contribution in [0.4, 0.5) is 5.69 Å². The molecule has 24 heavy (non-hydrogen) atoms. The second-order valence-electron chi connectivity index (χ2n) is 6.36. The zero-order valence-corrected chi connectivity index (χ0v) is 16.0. The minimum absolute atomic E-state index is 0. The van der Waals surface area contributed by atoms with Gasteiger partial charge in [-0.05, 0) is 54.4 Å². The molecule has 3 atom stereocenters. The number of carbonyl (C=O) groups excluding carboxylic acids is 2. The molecule has 0 aliphatic carbocycles. The molecule has 132 valence electrons. The van der Waals surface area contributed by atoms with Gasteiger partial charge in [0.2, 0.25) is 11.8 Å². The molecular formula is C17H23BrClN3O2. The summed E-state index contributed by atoms with van der Waals surface area (Å²) >= 11 is 3.48. The third-order valence-electron chi connectivity index (χ3n) is 4.73. The monoisotopic (exact) mass is 415 g/mol. The summed E-state index contributed by atoms with van der Waals surface area (Å²) in [6.45, 7) is 3.55. The summed E-state index contributed by atoms with van der Waals surface area (Å²) < 4.78 is 0.875. The highest BCUT2D eigenvalue weighted by Crippen LogP contribution is 2.31. The van der Waals surface area contributed by atoms with Crippen LogP contribution in [0.2, 0.25) is 0 Å². The first-order valence-electron chi connectivity index (χ1n) is 8.15. The predicted molar refractivity (Wildman–Crippen MR) is 100 cm³/mol. The molecule has 2 aliphatic heterocycles. The number of benzene rings is 1. The Morgan fingerprint density at radius 1 is 1.38 bits per heavy atom. The molecule has 2 aliphatic rings. The lowest BCUT2D eigenvalue weighted by atomic mass is 9.98. The molecule has 2 saturated heterocycles. The third-order valence-corrected chi connectivity index (χ3v) is 5.40. The number of carbonyl (C=O) groups is 2. The Kier molecular flexibility index (Phi) is 6.66. The van der Waals surface area contributed by atoms with Gasteiger partial charge in [-0.25, -0.2) is 0 Å². The van der Waals surface area contributed by atoms with Crippen molar-refractivity contribution in [3.8, 4) is 0 Å². The van der Waals surface area contributed by atoms with Crippen LogP contribution >= 0.6 is 28.3 Å². The SMILES string of the molecule is CC1NCCCC1NC(=O)C1CC(=O)N(c2ccccc2Br)C1.Cl. The number of amides is 2. The van der Waals surface area contributed by atoms with Crippen molar-refractivity contribution in [2.75, 3.05) is 18.0 Å². The van der Waals surface area contributed by atoms with Gasteiger partial charge in [0.1, 0.15) is 0 Å². The van der Waals surface area contributed by atoms with Gasteiger partial charge < -0.3 is 15.5 Å². The molecule has 2 N–H and O–H groups in total. The van der Waals surface area contributed by atoms with Crippen molar-refractivity contribution in [3.05, 3.63) is 28.7 Å². The Balaban J connectivity index is 0.00000208. The van der Waals surface area contributed by atoms with E-state index in [1.807, 2.05) is 24.3 Å². The van der Waals surface area contributed by atoms with Gasteiger partial charge in [0.25, 0.3) is 0 Å². The van der Waals surface area contributed by atoms with E-state index in [-0.39, 0.29) is 48.6 Å². The fourth-order valence-electron chi connectivity index (χ4n) is 3.33. The van der Waals surface area contributed by atoms with Crippen molar-refractivity contribution in [1.82, 2.24) is 10.6 Å². The minimum atomic E-state index is -0.274. The molecule has 0 bridgehead atoms. The van der Waals surface area contributed by atoms with Crippen molar-refractivity contribution < 1.29 is 9.59 Å². The van der Waals surface area contributed by atoms with Gasteiger partial charge >= 0.3 is 0 Å². The van der Waals surface area contributed by atoms with E-state index in [0.29, 0.717) is 6.54 Å². The predicted octanol–water partition coefficient (Wildman–Crippen LogP) is 2.48. The van der Waals surface area contributed by atoms with Gasteiger partial charge in [0, 0.05) is 29.5 Å². The lowest BCUT2D eigenvalue weighted by Crippen LogP contribution is -2.53. The Morgan fingerprint density at radius 3 is 2.83 bits per heavy atom. The van der Waals surface area contributed by atoms with E-state index in [0.717, 1.165) is 29.5 Å². The molecule has 2 heterocycles. The van der Waals surface area contributed by atoms with Gasteiger partial charge in [-0.1, -0.05) is 12.1 Å². The molecule has 2 fully saturated rings. The number of hydrogen-bond donors (Lipinski definition) is 2. The number of rotatable bonds is 3. The maximum atomic E-state index is 12.5. The van der Waals surface area contributed by atoms with Gasteiger partial charge in [-0.3, -0.25) is 9.59 Å². The summed E-state index contributed by atoms with van der Waals surface area (Å²) in [5, 5.41) is 6.51. The topological polar surface area (TPSA) is 61.4 Å². The summed E-state index contributed by atoms with van der Waals surface area (Å²) in [5.74, 6) is -0.274. The smallest absolute Gasteiger partial charge is 0.227 e. The largest absolute Gasteiger partial charge is 0.352 e. The summed E-state index contributed by atoms with van der Waals surface area (Å²) in [7, 11) is 0. The lowest BCUT2D eigenvalue weighted by molar-refractivity contribution is -0.127. The number of nitrogens with one attached hydrogen (secondary N) is 2. The van der Waals surface area contributed by atoms with E-state index in [9.17, 15) is 9.59 Å². The van der Waals surface area contributed by atoms with Crippen LogP contribution in [0.5, 0.6) is 0 Å². The van der Waals surface area contributed by atoms with Gasteiger partial charge in [-0.2, -0.15) is 0 Å². The van der Waals surface area contributed by atoms with Crippen LogP contribution in [0.1, 0.15) is 26.2 Å². The first kappa shape index (κ1) is 19.2. The van der Waals surface area contributed by atoms with Crippen LogP contribution in [0.3, 0.4) is 0 Å². The number of anilines is 1. The minimum Gasteiger partial charge on any atom is -0.352 e. The highest BCUT2D eigenvalue weighted by molar-refractivity contribution is 9.10. The maximum Gasteiger partial charge on any atom is 0.227 e. The normalized spacial score (nSPS) is 26.8. The zero-order valence-electron chi connectivity index (χ0n) is 13.6. The van der Waals surface area contributed by atoms with E-state index in [1.165, 1.54) is 0 Å². The van der Waals surface area contributed by atoms with E-state index < -0.39 is 0 Å². The molecule has 7 heteroatoms. The van der Waals surface area contributed by atoms with Crippen LogP contribution in [0.15, 0.2) is 28.7 Å². The number of nitrogens with zero attached hydrogens (tertiary/aromatic N) is 1. The van der Waals surface area contributed by atoms with Crippen LogP contribution in [0.25, 0.3) is 0 Å². The molecule has 0 radical (unpaired) electrons. The lowest BCUT2D eigenvalue weighted by Gasteiger charge is -2.31. The van der Waals surface area contributed by atoms with Gasteiger partial charge in [0.05, 0.1) is 11.6 Å². The van der Waals surface area contributed by atoms with Crippen LogP contribution in [-0.2, 0) is 9.59 Å². The summed E-state index contributed by atoms with van der Waals surface area (Å²) in [5.41, 5.74) is 0.834. The molecule has 3 unspecified atom stereocenters. The molecule has 2 amide bonds. The Bertz CT molecular complexity index is 613. The number of halogens is 2. The van der Waals surface area contributed by atoms with E-state index in [4.69, 9.17) is 0 Å². The van der Waals surface area contributed by atoms with Crippen LogP contribution in [-0.4, -0.2) is 37.0 Å². The molecule has 3 rings (SSSR count). The van der Waals surface area contributed by atoms with Crippen molar-refractivity contribution in [2.24, 2.45) is 5.92 Å². The van der Waals surface area contributed by atoms with Crippen LogP contribution in [0, 0.1) is 5.92 Å². The highest BCUT2D eigenvalue weighted by atomic mass is 79.9. The van der Waals surface area contributed by atoms with Crippen molar-refractivity contribution in [1.29, 1.82) is 0 Å². The van der Waals surface area contributed by atoms with E-state index in [2.05, 4.69) is 33.5 Å². The molecule has 0 aromatic heterocycles. The zero-order chi connectivity index (χ0) is 16.4. The fraction of sp³-hybridized carbons (Fsp3) is 0.529. The Morgan fingerprint density at radius 2 is 2.12 bits per heavy atom. The average molecular weight is 417 g/mol. The average Bonchev–Trinajstić information content (AvgIpc) is 2.92. The maximum absolute atomic E-state index is 12.5. The van der Waals surface area contributed by atoms with Crippen molar-refractivity contribution in [2.45, 2.75) is 38.3 Å². The first-order chi connectivity index (χ1) is 11.1. The summed E-state index contributed by atoms with van der Waals surface area (Å²) in [6, 6.07) is 8.06. The van der Waals surface area contributed by atoms with E-state index >= 15 is 0 Å². The molecule has 0 spiro atoms. The Hall–Kier alpha value is -1.11. The number of para-hydroxylation sites is 1. The van der Waals surface area contributed by atoms with Crippen molar-refractivity contribution >= 4 is 45.8 Å². The van der Waals surface area contributed by atoms with Crippen LogP contribution < -0.4 is 15.5 Å². The fourth-order valence-corrected chi connectivity index (χ4v) is 3.83. The molecular weight excluding hydrogens is 394 g/mol. The quantitative estimate of drug-likeness (QED) is 0.796.